The molecule has 1 amide bonds. The highest BCUT2D eigenvalue weighted by Crippen LogP contribution is 2.35. The maximum absolute atomic E-state index is 13.8. The van der Waals surface area contributed by atoms with E-state index in [0.717, 1.165) is 6.20 Å². The minimum atomic E-state index is -4.88. The lowest BCUT2D eigenvalue weighted by Gasteiger charge is -2.28. The molecule has 150 valence electrons. The molecular formula is C17H12ClF3N6O2. The molecule has 0 saturated carbocycles. The number of nitrogens with one attached hydrogen (secondary N) is 1. The van der Waals surface area contributed by atoms with Crippen LogP contribution in [-0.2, 0) is 19.1 Å². The van der Waals surface area contributed by atoms with E-state index in [9.17, 15) is 22.8 Å². The van der Waals surface area contributed by atoms with Gasteiger partial charge in [-0.2, -0.15) is 23.4 Å². The first kappa shape index (κ1) is 19.1. The molecule has 0 bridgehead atoms. The van der Waals surface area contributed by atoms with Gasteiger partial charge in [-0.05, 0) is 12.1 Å². The van der Waals surface area contributed by atoms with Gasteiger partial charge in [0.25, 0.3) is 11.5 Å². The third-order valence-corrected chi connectivity index (χ3v) is 4.75. The number of hydrogen-bond donors (Lipinski definition) is 1. The van der Waals surface area contributed by atoms with Crippen LogP contribution < -0.4 is 5.56 Å². The Labute approximate surface area is 165 Å². The molecule has 1 N–H and O–H groups in total. The second-order valence-electron chi connectivity index (χ2n) is 6.31. The monoisotopic (exact) mass is 424 g/mol. The smallest absolute Gasteiger partial charge is 0.334 e. The van der Waals surface area contributed by atoms with E-state index < -0.39 is 28.9 Å². The van der Waals surface area contributed by atoms with Crippen LogP contribution in [0.3, 0.4) is 0 Å². The SMILES string of the molecule is O=C(c1cnn(-c2ncccc2Cl)c1C(F)(F)F)N1CCc2n[nH]c(=O)cc2C1. The summed E-state index contributed by atoms with van der Waals surface area (Å²) in [7, 11) is 0. The summed E-state index contributed by atoms with van der Waals surface area (Å²) >= 11 is 5.96. The van der Waals surface area contributed by atoms with Crippen LogP contribution in [0, 0.1) is 0 Å². The third kappa shape index (κ3) is 3.48. The van der Waals surface area contributed by atoms with Gasteiger partial charge >= 0.3 is 6.18 Å². The average Bonchev–Trinajstić information content (AvgIpc) is 3.12. The molecule has 0 fully saturated rings. The summed E-state index contributed by atoms with van der Waals surface area (Å²) in [6.07, 6.45) is -2.45. The van der Waals surface area contributed by atoms with Gasteiger partial charge in [-0.15, -0.1) is 0 Å². The van der Waals surface area contributed by atoms with E-state index in [2.05, 4.69) is 20.3 Å². The number of rotatable bonds is 2. The molecule has 3 aromatic heterocycles. The van der Waals surface area contributed by atoms with E-state index in [1.54, 1.807) is 0 Å². The van der Waals surface area contributed by atoms with Crippen LogP contribution in [0.25, 0.3) is 5.82 Å². The number of nitrogens with zero attached hydrogens (tertiary/aromatic N) is 5. The third-order valence-electron chi connectivity index (χ3n) is 4.45. The summed E-state index contributed by atoms with van der Waals surface area (Å²) < 4.78 is 42.0. The highest BCUT2D eigenvalue weighted by Gasteiger charge is 2.42. The Morgan fingerprint density at radius 3 is 2.83 bits per heavy atom. The number of carbonyl (C=O) groups excluding carboxylic acids is 1. The van der Waals surface area contributed by atoms with Crippen molar-refractivity contribution in [3.05, 3.63) is 68.5 Å². The van der Waals surface area contributed by atoms with Gasteiger partial charge in [-0.3, -0.25) is 9.59 Å². The fourth-order valence-electron chi connectivity index (χ4n) is 3.16. The molecule has 0 unspecified atom stereocenters. The number of aromatic nitrogens is 5. The first-order chi connectivity index (χ1) is 13.8. The van der Waals surface area contributed by atoms with Gasteiger partial charge in [-0.25, -0.2) is 14.8 Å². The van der Waals surface area contributed by atoms with E-state index in [0.29, 0.717) is 22.4 Å². The van der Waals surface area contributed by atoms with Crippen molar-refractivity contribution in [3.8, 4) is 5.82 Å². The first-order valence-electron chi connectivity index (χ1n) is 8.38. The van der Waals surface area contributed by atoms with Crippen molar-refractivity contribution < 1.29 is 18.0 Å². The van der Waals surface area contributed by atoms with Crippen LogP contribution >= 0.6 is 11.6 Å². The van der Waals surface area contributed by atoms with E-state index in [-0.39, 0.29) is 23.9 Å². The van der Waals surface area contributed by atoms with E-state index in [1.807, 2.05) is 0 Å². The van der Waals surface area contributed by atoms with Gasteiger partial charge in [0, 0.05) is 37.3 Å². The number of fused-ring (bicyclic) bond motifs is 1. The molecule has 0 aromatic carbocycles. The van der Waals surface area contributed by atoms with Crippen molar-refractivity contribution >= 4 is 17.5 Å². The summed E-state index contributed by atoms with van der Waals surface area (Å²) in [6.45, 7) is 0.121. The van der Waals surface area contributed by atoms with Crippen molar-refractivity contribution in [1.82, 2.24) is 29.9 Å². The van der Waals surface area contributed by atoms with Crippen LogP contribution in [0.1, 0.15) is 27.3 Å². The van der Waals surface area contributed by atoms with Gasteiger partial charge < -0.3 is 4.90 Å². The van der Waals surface area contributed by atoms with Crippen LogP contribution in [0.4, 0.5) is 13.2 Å². The molecule has 0 radical (unpaired) electrons. The van der Waals surface area contributed by atoms with Gasteiger partial charge in [0.05, 0.1) is 22.5 Å². The highest BCUT2D eigenvalue weighted by molar-refractivity contribution is 6.32. The molecule has 29 heavy (non-hydrogen) atoms. The summed E-state index contributed by atoms with van der Waals surface area (Å²) in [5.41, 5.74) is -1.26. The van der Waals surface area contributed by atoms with Crippen LogP contribution in [0.5, 0.6) is 0 Å². The van der Waals surface area contributed by atoms with Crippen molar-refractivity contribution in [3.63, 3.8) is 0 Å². The molecule has 0 saturated heterocycles. The minimum Gasteiger partial charge on any atom is -0.334 e. The van der Waals surface area contributed by atoms with Gasteiger partial charge in [-0.1, -0.05) is 11.6 Å². The maximum atomic E-state index is 13.8. The van der Waals surface area contributed by atoms with Crippen LogP contribution in [-0.4, -0.2) is 42.3 Å². The zero-order valence-corrected chi connectivity index (χ0v) is 15.3. The number of alkyl halides is 3. The summed E-state index contributed by atoms with van der Waals surface area (Å²) in [4.78, 5) is 29.4. The molecule has 1 aliphatic heterocycles. The Kier molecular flexibility index (Phi) is 4.61. The van der Waals surface area contributed by atoms with Gasteiger partial charge in [0.1, 0.15) is 0 Å². The lowest BCUT2D eigenvalue weighted by Crippen LogP contribution is -2.38. The summed E-state index contributed by atoms with van der Waals surface area (Å²) in [5, 5.41) is 9.88. The molecule has 0 spiro atoms. The molecule has 3 aromatic rings. The number of H-pyrrole nitrogens is 1. The van der Waals surface area contributed by atoms with Crippen molar-refractivity contribution in [2.45, 2.75) is 19.1 Å². The van der Waals surface area contributed by atoms with E-state index in [4.69, 9.17) is 11.6 Å². The molecule has 8 nitrogen and oxygen atoms in total. The average molecular weight is 425 g/mol. The predicted molar refractivity (Wildman–Crippen MR) is 94.7 cm³/mol. The standard InChI is InChI=1S/C17H12ClF3N6O2/c18-11-2-1-4-22-15(11)27-14(17(19,20)21)10(7-23-27)16(29)26-5-3-12-9(8-26)6-13(28)25-24-12/h1-2,4,6-7H,3,5,8H2,(H,25,28). The van der Waals surface area contributed by atoms with Crippen LogP contribution in [0.15, 0.2) is 35.4 Å². The normalized spacial score (nSPS) is 14.0. The second kappa shape index (κ2) is 6.99. The van der Waals surface area contributed by atoms with E-state index in [1.165, 1.54) is 29.3 Å². The highest BCUT2D eigenvalue weighted by atomic mass is 35.5. The zero-order chi connectivity index (χ0) is 20.8. The summed E-state index contributed by atoms with van der Waals surface area (Å²) in [5.74, 6) is -1.10. The van der Waals surface area contributed by atoms with Crippen molar-refractivity contribution in [2.24, 2.45) is 0 Å². The number of carbonyl (C=O) groups is 1. The van der Waals surface area contributed by atoms with Crippen LogP contribution in [0.2, 0.25) is 5.02 Å². The quantitative estimate of drug-likeness (QED) is 0.680. The fourth-order valence-corrected chi connectivity index (χ4v) is 3.36. The molecular weight excluding hydrogens is 413 g/mol. The topological polar surface area (TPSA) is 96.8 Å². The molecule has 12 heteroatoms. The number of aromatic amines is 1. The Balaban J connectivity index is 1.75. The molecule has 4 heterocycles. The zero-order valence-electron chi connectivity index (χ0n) is 14.6. The number of halogens is 4. The largest absolute Gasteiger partial charge is 0.434 e. The Hall–Kier alpha value is -3.21. The Morgan fingerprint density at radius 2 is 2.10 bits per heavy atom. The lowest BCUT2D eigenvalue weighted by atomic mass is 10.1. The lowest BCUT2D eigenvalue weighted by molar-refractivity contribution is -0.143. The molecule has 1 aliphatic rings. The van der Waals surface area contributed by atoms with Crippen molar-refractivity contribution in [2.75, 3.05) is 6.54 Å². The number of hydrogen-bond acceptors (Lipinski definition) is 5. The molecule has 0 aliphatic carbocycles. The molecule has 0 atom stereocenters. The fraction of sp³-hybridized carbons (Fsp3) is 0.235. The second-order valence-corrected chi connectivity index (χ2v) is 6.71. The minimum absolute atomic E-state index is 0.0299. The van der Waals surface area contributed by atoms with Gasteiger partial charge in [0.15, 0.2) is 11.5 Å². The number of amides is 1. The molecule has 4 rings (SSSR count). The maximum Gasteiger partial charge on any atom is 0.434 e. The van der Waals surface area contributed by atoms with Crippen molar-refractivity contribution in [1.29, 1.82) is 0 Å². The number of pyridine rings is 1. The first-order valence-corrected chi connectivity index (χ1v) is 8.76. The predicted octanol–water partition coefficient (Wildman–Crippen LogP) is 2.22. The van der Waals surface area contributed by atoms with E-state index >= 15 is 0 Å². The summed E-state index contributed by atoms with van der Waals surface area (Å²) in [6, 6.07) is 4.12. The Bertz CT molecular complexity index is 1160. The Morgan fingerprint density at radius 1 is 1.31 bits per heavy atom. The van der Waals surface area contributed by atoms with Gasteiger partial charge in [0.2, 0.25) is 0 Å².